The third-order valence-corrected chi connectivity index (χ3v) is 7.51. The Hall–Kier alpha value is -3.78. The van der Waals surface area contributed by atoms with Gasteiger partial charge in [-0.25, -0.2) is 0 Å². The van der Waals surface area contributed by atoms with Gasteiger partial charge in [0, 0.05) is 17.4 Å². The Labute approximate surface area is 219 Å². The molecule has 1 aliphatic heterocycles. The normalized spacial score (nSPS) is 17.2. The highest BCUT2D eigenvalue weighted by Crippen LogP contribution is 2.41. The molecule has 1 unspecified atom stereocenters. The maximum absolute atomic E-state index is 12.1. The third-order valence-electron chi connectivity index (χ3n) is 6.40. The van der Waals surface area contributed by atoms with Crippen molar-refractivity contribution >= 4 is 33.9 Å². The van der Waals surface area contributed by atoms with Crippen LogP contribution in [0.25, 0.3) is 22.2 Å². The monoisotopic (exact) mass is 516 g/mol. The zero-order valence-corrected chi connectivity index (χ0v) is 21.6. The molecular weight excluding hydrogens is 488 g/mol. The molecule has 0 bridgehead atoms. The largest absolute Gasteiger partial charge is 0.493 e. The van der Waals surface area contributed by atoms with E-state index >= 15 is 0 Å². The fourth-order valence-corrected chi connectivity index (χ4v) is 5.30. The van der Waals surface area contributed by atoms with Gasteiger partial charge in [-0.05, 0) is 78.7 Å². The predicted octanol–water partition coefficient (Wildman–Crippen LogP) is 6.49. The van der Waals surface area contributed by atoms with E-state index in [0.717, 1.165) is 63.7 Å². The zero-order valence-electron chi connectivity index (χ0n) is 20.8. The number of hydrogen-bond acceptors (Lipinski definition) is 7. The van der Waals surface area contributed by atoms with Crippen LogP contribution in [0.15, 0.2) is 71.3 Å². The average Bonchev–Trinajstić information content (AvgIpc) is 3.45. The number of thioether (sulfide) groups is 1. The summed E-state index contributed by atoms with van der Waals surface area (Å²) in [6, 6.07) is 21.3. The van der Waals surface area contributed by atoms with Crippen molar-refractivity contribution in [3.05, 3.63) is 77.9 Å². The maximum atomic E-state index is 12.1. The Kier molecular flexibility index (Phi) is 7.19. The number of nitrogens with one attached hydrogen (secondary N) is 1. The second kappa shape index (κ2) is 10.7. The SMILES string of the molecule is CCCc1cc(-c2noc3ccccc23)ccc1OCCCOc1ccc(C2(C)SC(=O)NC2=O)cc1. The van der Waals surface area contributed by atoms with Gasteiger partial charge < -0.3 is 14.0 Å². The molecule has 190 valence electrons. The van der Waals surface area contributed by atoms with Gasteiger partial charge in [0.05, 0.1) is 13.2 Å². The fourth-order valence-electron chi connectivity index (χ4n) is 4.39. The topological polar surface area (TPSA) is 90.7 Å². The van der Waals surface area contributed by atoms with Gasteiger partial charge in [0.25, 0.3) is 5.24 Å². The molecule has 1 aliphatic rings. The molecule has 0 aliphatic carbocycles. The minimum atomic E-state index is -0.907. The van der Waals surface area contributed by atoms with Gasteiger partial charge in [-0.1, -0.05) is 42.8 Å². The Morgan fingerprint density at radius 3 is 2.54 bits per heavy atom. The van der Waals surface area contributed by atoms with Crippen molar-refractivity contribution in [3.8, 4) is 22.8 Å². The van der Waals surface area contributed by atoms with Crippen LogP contribution in [0.3, 0.4) is 0 Å². The van der Waals surface area contributed by atoms with Gasteiger partial charge in [0.15, 0.2) is 5.58 Å². The van der Waals surface area contributed by atoms with Crippen LogP contribution < -0.4 is 14.8 Å². The molecular formula is C29H28N2O5S. The Bertz CT molecular complexity index is 1430. The summed E-state index contributed by atoms with van der Waals surface area (Å²) in [7, 11) is 0. The van der Waals surface area contributed by atoms with Crippen molar-refractivity contribution < 1.29 is 23.6 Å². The fraction of sp³-hybridized carbons (Fsp3) is 0.276. The number of aromatic nitrogens is 1. The molecule has 0 spiro atoms. The lowest BCUT2D eigenvalue weighted by molar-refractivity contribution is -0.121. The lowest BCUT2D eigenvalue weighted by Gasteiger charge is -2.19. The molecule has 1 atom stereocenters. The Morgan fingerprint density at radius 1 is 1.00 bits per heavy atom. The van der Waals surface area contributed by atoms with Crippen molar-refractivity contribution in [1.82, 2.24) is 10.5 Å². The molecule has 2 amide bonds. The van der Waals surface area contributed by atoms with Gasteiger partial charge in [-0.15, -0.1) is 0 Å². The minimum Gasteiger partial charge on any atom is -0.493 e. The summed E-state index contributed by atoms with van der Waals surface area (Å²) in [6.07, 6.45) is 2.63. The third kappa shape index (κ3) is 5.20. The number of amides is 2. The van der Waals surface area contributed by atoms with Crippen LogP contribution in [-0.2, 0) is 16.0 Å². The van der Waals surface area contributed by atoms with Gasteiger partial charge in [0.2, 0.25) is 5.91 Å². The number of fused-ring (bicyclic) bond motifs is 1. The first kappa shape index (κ1) is 24.9. The number of para-hydroxylation sites is 1. The van der Waals surface area contributed by atoms with Crippen molar-refractivity contribution in [1.29, 1.82) is 0 Å². The first-order valence-corrected chi connectivity index (χ1v) is 13.2. The van der Waals surface area contributed by atoms with E-state index in [1.165, 1.54) is 0 Å². The second-order valence-electron chi connectivity index (χ2n) is 9.05. The minimum absolute atomic E-state index is 0.293. The summed E-state index contributed by atoms with van der Waals surface area (Å²) in [4.78, 5) is 23.7. The van der Waals surface area contributed by atoms with E-state index in [1.807, 2.05) is 60.7 Å². The number of ether oxygens (including phenoxy) is 2. The van der Waals surface area contributed by atoms with Crippen molar-refractivity contribution in [2.75, 3.05) is 13.2 Å². The van der Waals surface area contributed by atoms with Gasteiger partial charge in [-0.3, -0.25) is 14.9 Å². The van der Waals surface area contributed by atoms with Crippen LogP contribution in [0.5, 0.6) is 11.5 Å². The van der Waals surface area contributed by atoms with Gasteiger partial charge >= 0.3 is 0 Å². The molecule has 0 radical (unpaired) electrons. The molecule has 0 saturated carbocycles. The van der Waals surface area contributed by atoms with E-state index in [0.29, 0.717) is 25.4 Å². The standard InChI is InChI=1S/C29H28N2O5S/c1-3-7-19-18-20(26-23-8-4-5-9-25(23)36-31-26)10-15-24(19)35-17-6-16-34-22-13-11-21(12-14-22)29(2)27(32)30-28(33)37-29/h4-5,8-15,18H,3,6-7,16-17H2,1-2H3,(H,30,32,33). The number of carbonyl (C=O) groups is 2. The molecule has 37 heavy (non-hydrogen) atoms. The predicted molar refractivity (Wildman–Crippen MR) is 144 cm³/mol. The molecule has 4 aromatic rings. The number of imide groups is 1. The molecule has 5 rings (SSSR count). The molecule has 1 fully saturated rings. The molecule has 2 heterocycles. The van der Waals surface area contributed by atoms with Gasteiger partial charge in [-0.2, -0.15) is 0 Å². The van der Waals surface area contributed by atoms with Crippen molar-refractivity contribution in [2.24, 2.45) is 0 Å². The zero-order chi connectivity index (χ0) is 25.8. The van der Waals surface area contributed by atoms with Gasteiger partial charge in [0.1, 0.15) is 21.9 Å². The average molecular weight is 517 g/mol. The number of nitrogens with zero attached hydrogens (tertiary/aromatic N) is 1. The highest BCUT2D eigenvalue weighted by Gasteiger charge is 2.45. The molecule has 1 N–H and O–H groups in total. The Balaban J connectivity index is 1.16. The molecule has 8 heteroatoms. The van der Waals surface area contributed by atoms with Crippen LogP contribution in [0.1, 0.15) is 37.8 Å². The highest BCUT2D eigenvalue weighted by atomic mass is 32.2. The molecule has 3 aromatic carbocycles. The van der Waals surface area contributed by atoms with Crippen molar-refractivity contribution in [2.45, 2.75) is 37.9 Å². The van der Waals surface area contributed by atoms with E-state index in [1.54, 1.807) is 6.92 Å². The first-order valence-electron chi connectivity index (χ1n) is 12.4. The smallest absolute Gasteiger partial charge is 0.287 e. The summed E-state index contributed by atoms with van der Waals surface area (Å²) in [5.41, 5.74) is 4.54. The number of benzene rings is 3. The molecule has 7 nitrogen and oxygen atoms in total. The lowest BCUT2D eigenvalue weighted by Crippen LogP contribution is -2.31. The lowest BCUT2D eigenvalue weighted by atomic mass is 9.99. The van der Waals surface area contributed by atoms with Crippen LogP contribution >= 0.6 is 11.8 Å². The maximum Gasteiger partial charge on any atom is 0.287 e. The van der Waals surface area contributed by atoms with E-state index < -0.39 is 4.75 Å². The first-order chi connectivity index (χ1) is 18.0. The summed E-state index contributed by atoms with van der Waals surface area (Å²) >= 11 is 0.997. The summed E-state index contributed by atoms with van der Waals surface area (Å²) in [5.74, 6) is 1.29. The molecule has 1 aromatic heterocycles. The van der Waals surface area contributed by atoms with E-state index in [2.05, 4.69) is 23.5 Å². The number of rotatable bonds is 10. The number of aryl methyl sites for hydroxylation is 1. The number of carbonyl (C=O) groups excluding carboxylic acids is 2. The molecule has 1 saturated heterocycles. The highest BCUT2D eigenvalue weighted by molar-refractivity contribution is 8.15. The van der Waals surface area contributed by atoms with E-state index in [-0.39, 0.29) is 11.1 Å². The van der Waals surface area contributed by atoms with Crippen LogP contribution in [-0.4, -0.2) is 29.5 Å². The Morgan fingerprint density at radius 2 is 1.78 bits per heavy atom. The second-order valence-corrected chi connectivity index (χ2v) is 10.4. The summed E-state index contributed by atoms with van der Waals surface area (Å²) < 4.78 is 16.5. The van der Waals surface area contributed by atoms with Crippen molar-refractivity contribution in [3.63, 3.8) is 0 Å². The summed E-state index contributed by atoms with van der Waals surface area (Å²) in [5, 5.41) is 7.30. The quantitative estimate of drug-likeness (QED) is 0.241. The number of hydrogen-bond donors (Lipinski definition) is 1. The van der Waals surface area contributed by atoms with Crippen LogP contribution in [0.2, 0.25) is 0 Å². The summed E-state index contributed by atoms with van der Waals surface area (Å²) in [6.45, 7) is 4.92. The van der Waals surface area contributed by atoms with Crippen LogP contribution in [0, 0.1) is 0 Å². The van der Waals surface area contributed by atoms with E-state index in [4.69, 9.17) is 14.0 Å². The van der Waals surface area contributed by atoms with E-state index in [9.17, 15) is 9.59 Å². The van der Waals surface area contributed by atoms with Crippen LogP contribution in [0.4, 0.5) is 4.79 Å².